The van der Waals surface area contributed by atoms with Gasteiger partial charge in [0.15, 0.2) is 0 Å². The Morgan fingerprint density at radius 2 is 1.75 bits per heavy atom. The van der Waals surface area contributed by atoms with E-state index in [4.69, 9.17) is 0 Å². The number of hydrogen-bond donors (Lipinski definition) is 3. The number of amides is 1. The van der Waals surface area contributed by atoms with Gasteiger partial charge in [-0.3, -0.25) is 4.79 Å². The van der Waals surface area contributed by atoms with Gasteiger partial charge in [-0.15, -0.1) is 0 Å². The molecule has 0 bridgehead atoms. The topological polar surface area (TPSA) is 129 Å². The highest BCUT2D eigenvalue weighted by atomic mass is 16.4. The van der Waals surface area contributed by atoms with Crippen molar-refractivity contribution in [2.24, 2.45) is 4.99 Å². The van der Waals surface area contributed by atoms with Crippen molar-refractivity contribution in [2.75, 3.05) is 5.32 Å². The molecule has 1 aliphatic heterocycles. The number of fused-ring (bicyclic) bond motifs is 3. The van der Waals surface area contributed by atoms with E-state index >= 15 is 0 Å². The van der Waals surface area contributed by atoms with E-state index in [2.05, 4.69) is 15.3 Å². The summed E-state index contributed by atoms with van der Waals surface area (Å²) in [6.45, 7) is 0. The number of nitrogens with one attached hydrogen (secondary N) is 1. The first kappa shape index (κ1) is 17.3. The van der Waals surface area contributed by atoms with E-state index in [1.54, 1.807) is 12.1 Å². The number of pyridine rings is 1. The zero-order valence-electron chi connectivity index (χ0n) is 14.3. The fourth-order valence-electron chi connectivity index (χ4n) is 3.12. The lowest BCUT2D eigenvalue weighted by atomic mass is 10.0. The Morgan fingerprint density at radius 1 is 1.00 bits per heavy atom. The van der Waals surface area contributed by atoms with Gasteiger partial charge in [0.2, 0.25) is 5.91 Å². The second-order valence-corrected chi connectivity index (χ2v) is 6.17. The molecule has 0 saturated carbocycles. The number of hydrogen-bond acceptors (Lipinski definition) is 5. The van der Waals surface area contributed by atoms with Crippen LogP contribution in [0.3, 0.4) is 0 Å². The highest BCUT2D eigenvalue weighted by Crippen LogP contribution is 2.38. The van der Waals surface area contributed by atoms with Gasteiger partial charge in [0.05, 0.1) is 34.6 Å². The summed E-state index contributed by atoms with van der Waals surface area (Å²) in [5.74, 6) is -2.93. The summed E-state index contributed by atoms with van der Waals surface area (Å²) in [5, 5.41) is 21.8. The van der Waals surface area contributed by atoms with Crippen LogP contribution in [0.1, 0.15) is 32.8 Å². The maximum atomic E-state index is 12.3. The van der Waals surface area contributed by atoms with Crippen molar-refractivity contribution in [1.82, 2.24) is 4.98 Å². The minimum atomic E-state index is -1.33. The average Bonchev–Trinajstić information content (AvgIpc) is 2.85. The summed E-state index contributed by atoms with van der Waals surface area (Å²) in [6, 6.07) is 13.1. The van der Waals surface area contributed by atoms with Crippen molar-refractivity contribution in [1.29, 1.82) is 0 Å². The van der Waals surface area contributed by atoms with Crippen LogP contribution in [0, 0.1) is 0 Å². The van der Waals surface area contributed by atoms with Crippen molar-refractivity contribution in [3.05, 3.63) is 65.4 Å². The first-order valence-electron chi connectivity index (χ1n) is 8.31. The molecule has 0 radical (unpaired) electrons. The number of carboxylic acids is 2. The van der Waals surface area contributed by atoms with Crippen LogP contribution in [0.4, 0.5) is 11.4 Å². The number of carbonyl (C=O) groups excluding carboxylic acids is 1. The second-order valence-electron chi connectivity index (χ2n) is 6.17. The lowest BCUT2D eigenvalue weighted by molar-refractivity contribution is -0.115. The van der Waals surface area contributed by atoms with E-state index in [0.29, 0.717) is 11.4 Å². The molecule has 2 aromatic carbocycles. The molecule has 4 rings (SSSR count). The van der Waals surface area contributed by atoms with Crippen molar-refractivity contribution < 1.29 is 24.6 Å². The monoisotopic (exact) mass is 375 g/mol. The van der Waals surface area contributed by atoms with Crippen LogP contribution in [-0.4, -0.2) is 38.8 Å². The molecular formula is C20H13N3O5. The number of nitrogens with zero attached hydrogens (tertiary/aromatic N) is 2. The minimum absolute atomic E-state index is 0.0171. The molecule has 1 aromatic heterocycles. The molecule has 0 spiro atoms. The molecule has 1 amide bonds. The zero-order chi connectivity index (χ0) is 19.8. The van der Waals surface area contributed by atoms with Gasteiger partial charge >= 0.3 is 11.9 Å². The van der Waals surface area contributed by atoms with E-state index < -0.39 is 11.9 Å². The summed E-state index contributed by atoms with van der Waals surface area (Å²) in [7, 11) is 0. The third kappa shape index (κ3) is 2.96. The van der Waals surface area contributed by atoms with Crippen LogP contribution in [-0.2, 0) is 4.79 Å². The Balaban J connectivity index is 2.07. The molecule has 0 saturated heterocycles. The van der Waals surface area contributed by atoms with Gasteiger partial charge in [0, 0.05) is 5.39 Å². The molecule has 28 heavy (non-hydrogen) atoms. The van der Waals surface area contributed by atoms with Crippen LogP contribution in [0.5, 0.6) is 0 Å². The Bertz CT molecular complexity index is 1190. The molecule has 1 aliphatic rings. The van der Waals surface area contributed by atoms with Crippen LogP contribution in [0.25, 0.3) is 10.9 Å². The number of aliphatic imine (C=N–C) groups is 1. The van der Waals surface area contributed by atoms with Crippen molar-refractivity contribution in [3.63, 3.8) is 0 Å². The van der Waals surface area contributed by atoms with E-state index in [1.807, 2.05) is 18.2 Å². The smallest absolute Gasteiger partial charge is 0.354 e. The van der Waals surface area contributed by atoms with E-state index in [9.17, 15) is 24.6 Å². The predicted octanol–water partition coefficient (Wildman–Crippen LogP) is 3.09. The highest BCUT2D eigenvalue weighted by Gasteiger charge is 2.24. The van der Waals surface area contributed by atoms with Crippen molar-refractivity contribution in [2.45, 2.75) is 6.42 Å². The van der Waals surface area contributed by atoms with Gasteiger partial charge in [-0.2, -0.15) is 0 Å². The van der Waals surface area contributed by atoms with Gasteiger partial charge in [-0.1, -0.05) is 30.3 Å². The molecule has 3 aromatic rings. The van der Waals surface area contributed by atoms with E-state index in [0.717, 1.165) is 11.6 Å². The number of aromatic carboxylic acids is 2. The normalized spacial score (nSPS) is 13.3. The van der Waals surface area contributed by atoms with Crippen molar-refractivity contribution >= 4 is 45.8 Å². The van der Waals surface area contributed by atoms with E-state index in [-0.39, 0.29) is 40.2 Å². The molecule has 8 heteroatoms. The molecule has 3 N–H and O–H groups in total. The summed E-state index contributed by atoms with van der Waals surface area (Å²) in [6.07, 6.45) is 0.0171. The molecule has 0 fully saturated rings. The minimum Gasteiger partial charge on any atom is -0.478 e. The van der Waals surface area contributed by atoms with Gasteiger partial charge in [0.1, 0.15) is 5.69 Å². The molecule has 0 atom stereocenters. The predicted molar refractivity (Wildman–Crippen MR) is 102 cm³/mol. The van der Waals surface area contributed by atoms with Gasteiger partial charge in [-0.25, -0.2) is 19.6 Å². The van der Waals surface area contributed by atoms with Crippen molar-refractivity contribution in [3.8, 4) is 0 Å². The zero-order valence-corrected chi connectivity index (χ0v) is 14.3. The fourth-order valence-corrected chi connectivity index (χ4v) is 3.12. The number of carbonyl (C=O) groups is 3. The summed E-state index contributed by atoms with van der Waals surface area (Å²) in [4.78, 5) is 44.1. The SMILES string of the molecule is O=C1CC(c2ccccc2)=Nc2c(ccc3nc(C(=O)O)cc(C(=O)O)c23)N1. The van der Waals surface area contributed by atoms with Gasteiger partial charge < -0.3 is 15.5 Å². The number of carboxylic acid groups (broad SMARTS) is 2. The van der Waals surface area contributed by atoms with Gasteiger partial charge in [0.25, 0.3) is 0 Å². The summed E-state index contributed by atoms with van der Waals surface area (Å²) >= 11 is 0. The maximum Gasteiger partial charge on any atom is 0.354 e. The Morgan fingerprint density at radius 3 is 2.43 bits per heavy atom. The summed E-state index contributed by atoms with van der Waals surface area (Å²) < 4.78 is 0. The number of aromatic nitrogens is 1. The molecule has 8 nitrogen and oxygen atoms in total. The average molecular weight is 375 g/mol. The molecule has 0 aliphatic carbocycles. The number of benzene rings is 2. The van der Waals surface area contributed by atoms with E-state index in [1.165, 1.54) is 12.1 Å². The summed E-state index contributed by atoms with van der Waals surface area (Å²) in [5.41, 5.74) is 1.34. The molecular weight excluding hydrogens is 362 g/mol. The molecule has 0 unspecified atom stereocenters. The standard InChI is InChI=1S/C20H13N3O5/c24-16-9-14(10-4-2-1-3-5-10)23-18-13(22-16)7-6-12-17(18)11(19(25)26)8-15(21-12)20(27)28/h1-8H,9H2,(H,22,24)(H,25,26)(H,27,28). The lowest BCUT2D eigenvalue weighted by Gasteiger charge is -2.11. The fraction of sp³-hybridized carbons (Fsp3) is 0.0500. The van der Waals surface area contributed by atoms with Gasteiger partial charge in [-0.05, 0) is 23.8 Å². The third-order valence-electron chi connectivity index (χ3n) is 4.35. The third-order valence-corrected chi connectivity index (χ3v) is 4.35. The Labute approximate surface area is 158 Å². The number of rotatable bonds is 3. The Hall–Kier alpha value is -4.07. The second kappa shape index (κ2) is 6.58. The Kier molecular flexibility index (Phi) is 4.08. The molecule has 138 valence electrons. The first-order valence-corrected chi connectivity index (χ1v) is 8.31. The highest BCUT2D eigenvalue weighted by molar-refractivity contribution is 6.21. The van der Waals surface area contributed by atoms with Crippen LogP contribution in [0.15, 0.2) is 53.5 Å². The largest absolute Gasteiger partial charge is 0.478 e. The maximum absolute atomic E-state index is 12.3. The van der Waals surface area contributed by atoms with Crippen LogP contribution in [0.2, 0.25) is 0 Å². The number of anilines is 1. The van der Waals surface area contributed by atoms with Crippen LogP contribution >= 0.6 is 0 Å². The molecule has 2 heterocycles. The quantitative estimate of drug-likeness (QED) is 0.645. The van der Waals surface area contributed by atoms with Crippen LogP contribution < -0.4 is 5.32 Å². The first-order chi connectivity index (χ1) is 13.4. The lowest BCUT2D eigenvalue weighted by Crippen LogP contribution is -2.14.